The summed E-state index contributed by atoms with van der Waals surface area (Å²) in [6, 6.07) is 12.0. The van der Waals surface area contributed by atoms with E-state index in [0.717, 1.165) is 0 Å². The first-order valence-corrected chi connectivity index (χ1v) is 5.94. The third-order valence-corrected chi connectivity index (χ3v) is 0.667. The molecule has 0 N–H and O–H groups in total. The number of benzene rings is 1. The summed E-state index contributed by atoms with van der Waals surface area (Å²) in [6.45, 7) is 21.0. The zero-order valence-electron chi connectivity index (χ0n) is 14.6. The fourth-order valence-corrected chi connectivity index (χ4v) is 0.385. The van der Waals surface area contributed by atoms with Crippen LogP contribution in [0.5, 0.6) is 0 Å². The van der Waals surface area contributed by atoms with Gasteiger partial charge in [-0.05, 0) is 27.7 Å². The molecular weight excluding hydrogens is 239 g/mol. The zero-order valence-corrected chi connectivity index (χ0v) is 15.6. The summed E-state index contributed by atoms with van der Waals surface area (Å²) in [7, 11) is 0. The van der Waals surface area contributed by atoms with Crippen LogP contribution >= 0.6 is 0 Å². The van der Waals surface area contributed by atoms with Gasteiger partial charge in [-0.2, -0.15) is 0 Å². The maximum atomic E-state index is 3.36. The Hall–Kier alpha value is -0.820. The molecule has 0 radical (unpaired) electrons. The van der Waals surface area contributed by atoms with Gasteiger partial charge in [0.05, 0.1) is 0 Å². The predicted octanol–water partition coefficient (Wildman–Crippen LogP) is 3.57. The van der Waals surface area contributed by atoms with E-state index in [4.69, 9.17) is 0 Å². The molecule has 1 heteroatoms. The molecular formula is C18H31Na. The van der Waals surface area contributed by atoms with Crippen LogP contribution in [0.25, 0.3) is 0 Å². The van der Waals surface area contributed by atoms with E-state index in [1.807, 2.05) is 64.1 Å². The summed E-state index contributed by atoms with van der Waals surface area (Å²) in [5, 5.41) is 0. The Morgan fingerprint density at radius 1 is 0.526 bits per heavy atom. The Labute approximate surface area is 145 Å². The van der Waals surface area contributed by atoms with Crippen molar-refractivity contribution in [3.05, 3.63) is 87.0 Å². The van der Waals surface area contributed by atoms with Gasteiger partial charge in [-0.15, -0.1) is 26.3 Å². The Morgan fingerprint density at radius 3 is 0.632 bits per heavy atom. The van der Waals surface area contributed by atoms with Crippen molar-refractivity contribution in [3.63, 3.8) is 0 Å². The van der Waals surface area contributed by atoms with Crippen LogP contribution in [0.2, 0.25) is 0 Å². The standard InChI is InChI=1S/C6H6.4C3H6.Na.H/c1-2-4-6-5-3-1;4*1-3-2;;/h1-6H;4*3H,1H2,2H3;;/q;;;;;+1;-1. The number of hydrogen-bond donors (Lipinski definition) is 0. The van der Waals surface area contributed by atoms with E-state index in [2.05, 4.69) is 26.3 Å². The molecule has 0 aromatic heterocycles. The fraction of sp³-hybridized carbons (Fsp3) is 0.222. The van der Waals surface area contributed by atoms with Crippen molar-refractivity contribution in [2.75, 3.05) is 0 Å². The monoisotopic (exact) mass is 270 g/mol. The summed E-state index contributed by atoms with van der Waals surface area (Å²) in [6.07, 6.45) is 7.00. The molecule has 1 aromatic rings. The first kappa shape index (κ1) is 30.9. The Balaban J connectivity index is -0.0000000315. The maximum Gasteiger partial charge on any atom is 1.00 e. The van der Waals surface area contributed by atoms with Crippen LogP contribution in [0, 0.1) is 0 Å². The first-order valence-electron chi connectivity index (χ1n) is 5.94. The molecule has 0 aliphatic carbocycles. The maximum absolute atomic E-state index is 3.36. The molecule has 0 atom stereocenters. The van der Waals surface area contributed by atoms with Crippen LogP contribution in [0.3, 0.4) is 0 Å². The Kier molecular flexibility index (Phi) is 86.8. The van der Waals surface area contributed by atoms with Crippen molar-refractivity contribution >= 4 is 0 Å². The van der Waals surface area contributed by atoms with Crippen LogP contribution < -0.4 is 29.6 Å². The molecule has 0 nitrogen and oxygen atoms in total. The van der Waals surface area contributed by atoms with E-state index in [-0.39, 0.29) is 31.0 Å². The molecule has 0 fully saturated rings. The third-order valence-electron chi connectivity index (χ3n) is 0.667. The van der Waals surface area contributed by atoms with Gasteiger partial charge in [-0.25, -0.2) is 0 Å². The zero-order chi connectivity index (χ0) is 15.1. The van der Waals surface area contributed by atoms with Crippen molar-refractivity contribution < 1.29 is 31.0 Å². The molecule has 0 spiro atoms. The molecule has 1 rings (SSSR count). The van der Waals surface area contributed by atoms with Gasteiger partial charge in [-0.3, -0.25) is 0 Å². The molecule has 0 heterocycles. The summed E-state index contributed by atoms with van der Waals surface area (Å²) >= 11 is 0. The van der Waals surface area contributed by atoms with Crippen LogP contribution in [0.4, 0.5) is 0 Å². The molecule has 0 unspecified atom stereocenters. The summed E-state index contributed by atoms with van der Waals surface area (Å²) in [5.74, 6) is 0. The molecule has 0 saturated heterocycles. The van der Waals surface area contributed by atoms with Crippen molar-refractivity contribution in [3.8, 4) is 0 Å². The van der Waals surface area contributed by atoms with Crippen molar-refractivity contribution in [1.29, 1.82) is 0 Å². The Morgan fingerprint density at radius 2 is 0.579 bits per heavy atom. The summed E-state index contributed by atoms with van der Waals surface area (Å²) in [4.78, 5) is 0. The first-order chi connectivity index (χ1) is 8.66. The van der Waals surface area contributed by atoms with Gasteiger partial charge in [-0.1, -0.05) is 60.7 Å². The quantitative estimate of drug-likeness (QED) is 0.499. The number of hydrogen-bond acceptors (Lipinski definition) is 0. The van der Waals surface area contributed by atoms with Gasteiger partial charge in [0.25, 0.3) is 0 Å². The van der Waals surface area contributed by atoms with Crippen molar-refractivity contribution in [2.45, 2.75) is 27.7 Å². The molecule has 0 saturated carbocycles. The van der Waals surface area contributed by atoms with Gasteiger partial charge in [0.2, 0.25) is 0 Å². The van der Waals surface area contributed by atoms with Crippen LogP contribution in [0.1, 0.15) is 29.1 Å². The molecule has 0 bridgehead atoms. The smallest absolute Gasteiger partial charge is 1.00 e. The van der Waals surface area contributed by atoms with E-state index in [0.29, 0.717) is 0 Å². The predicted molar refractivity (Wildman–Crippen MR) is 91.0 cm³/mol. The van der Waals surface area contributed by atoms with Gasteiger partial charge in [0.1, 0.15) is 0 Å². The van der Waals surface area contributed by atoms with Crippen molar-refractivity contribution in [1.82, 2.24) is 0 Å². The van der Waals surface area contributed by atoms with E-state index in [9.17, 15) is 0 Å². The van der Waals surface area contributed by atoms with Crippen LogP contribution in [-0.4, -0.2) is 0 Å². The molecule has 1 aromatic carbocycles. The molecule has 19 heavy (non-hydrogen) atoms. The number of rotatable bonds is 0. The van der Waals surface area contributed by atoms with Crippen molar-refractivity contribution in [2.24, 2.45) is 0 Å². The summed E-state index contributed by atoms with van der Waals surface area (Å²) in [5.41, 5.74) is 0. The average Bonchev–Trinajstić information content (AvgIpc) is 2.35. The fourth-order valence-electron chi connectivity index (χ4n) is 0.385. The van der Waals surface area contributed by atoms with Crippen LogP contribution in [-0.2, 0) is 0 Å². The molecule has 0 aliphatic heterocycles. The minimum atomic E-state index is 0. The van der Waals surface area contributed by atoms with Gasteiger partial charge in [0, 0.05) is 0 Å². The average molecular weight is 270 g/mol. The third kappa shape index (κ3) is 148. The minimum absolute atomic E-state index is 0. The molecule has 104 valence electrons. The van der Waals surface area contributed by atoms with Gasteiger partial charge < -0.3 is 1.43 Å². The molecule has 0 aliphatic rings. The normalized spacial score (nSPS) is 5.26. The van der Waals surface area contributed by atoms with Gasteiger partial charge >= 0.3 is 29.6 Å². The summed E-state index contributed by atoms with van der Waals surface area (Å²) < 4.78 is 0. The second-order valence-corrected chi connectivity index (χ2v) is 2.79. The van der Waals surface area contributed by atoms with E-state index < -0.39 is 0 Å². The van der Waals surface area contributed by atoms with Gasteiger partial charge in [0.15, 0.2) is 0 Å². The van der Waals surface area contributed by atoms with E-state index >= 15 is 0 Å². The topological polar surface area (TPSA) is 0 Å². The number of allylic oxidation sites excluding steroid dienone is 4. The molecule has 0 amide bonds. The van der Waals surface area contributed by atoms with E-state index in [1.54, 1.807) is 24.3 Å². The largest absolute Gasteiger partial charge is 1.00 e. The minimum Gasteiger partial charge on any atom is -1.00 e. The SMILES string of the molecule is C=CC.C=CC.C=CC.C=CC.[H-].[Na+].c1ccccc1. The second-order valence-electron chi connectivity index (χ2n) is 2.79. The Bertz CT molecular complexity index is 192. The van der Waals surface area contributed by atoms with Crippen LogP contribution in [0.15, 0.2) is 87.0 Å². The van der Waals surface area contributed by atoms with E-state index in [1.165, 1.54) is 0 Å². The second kappa shape index (κ2) is 53.4.